The number of hydrogen-bond acceptors (Lipinski definition) is 2. The van der Waals surface area contributed by atoms with Crippen LogP contribution >= 0.6 is 35.0 Å². The number of nitrogen functional groups attached to an aromatic ring is 1. The summed E-state index contributed by atoms with van der Waals surface area (Å²) < 4.78 is 13.3. The number of benzene rings is 2. The standard InChI is InChI=1S/C13H10Cl2FNS/c14-9-4-5-12(11(17)6-9)18-7-8-2-1-3-10(16)13(8)15/h1-6H,7,17H2. The van der Waals surface area contributed by atoms with Gasteiger partial charge in [-0.05, 0) is 29.8 Å². The molecule has 0 heterocycles. The summed E-state index contributed by atoms with van der Waals surface area (Å²) in [5, 5.41) is 0.762. The molecule has 0 saturated carbocycles. The van der Waals surface area contributed by atoms with Crippen LogP contribution in [0.1, 0.15) is 5.56 Å². The van der Waals surface area contributed by atoms with Crippen LogP contribution in [0.4, 0.5) is 10.1 Å². The summed E-state index contributed by atoms with van der Waals surface area (Å²) in [6.45, 7) is 0. The van der Waals surface area contributed by atoms with Crippen molar-refractivity contribution in [3.05, 3.63) is 57.8 Å². The lowest BCUT2D eigenvalue weighted by Gasteiger charge is -2.07. The van der Waals surface area contributed by atoms with E-state index in [0.29, 0.717) is 16.5 Å². The molecule has 0 fully saturated rings. The van der Waals surface area contributed by atoms with Crippen molar-refractivity contribution in [2.24, 2.45) is 0 Å². The molecule has 0 aliphatic heterocycles. The molecule has 0 saturated heterocycles. The fourth-order valence-electron chi connectivity index (χ4n) is 1.47. The van der Waals surface area contributed by atoms with Gasteiger partial charge < -0.3 is 5.73 Å². The van der Waals surface area contributed by atoms with Gasteiger partial charge in [-0.1, -0.05) is 35.3 Å². The lowest BCUT2D eigenvalue weighted by atomic mass is 10.2. The van der Waals surface area contributed by atoms with Crippen LogP contribution in [0.3, 0.4) is 0 Å². The number of hydrogen-bond donors (Lipinski definition) is 1. The van der Waals surface area contributed by atoms with Gasteiger partial charge in [0.15, 0.2) is 0 Å². The van der Waals surface area contributed by atoms with Gasteiger partial charge in [0.2, 0.25) is 0 Å². The number of nitrogens with two attached hydrogens (primary N) is 1. The van der Waals surface area contributed by atoms with E-state index < -0.39 is 5.82 Å². The van der Waals surface area contributed by atoms with Crippen molar-refractivity contribution < 1.29 is 4.39 Å². The van der Waals surface area contributed by atoms with Crippen LogP contribution in [0, 0.1) is 5.82 Å². The average Bonchev–Trinajstić information content (AvgIpc) is 2.33. The van der Waals surface area contributed by atoms with Gasteiger partial charge in [-0.25, -0.2) is 4.39 Å². The van der Waals surface area contributed by atoms with Gasteiger partial charge in [0.05, 0.1) is 5.02 Å². The number of thioether (sulfide) groups is 1. The monoisotopic (exact) mass is 301 g/mol. The van der Waals surface area contributed by atoms with Crippen molar-refractivity contribution >= 4 is 40.7 Å². The molecule has 0 aliphatic rings. The smallest absolute Gasteiger partial charge is 0.142 e. The fourth-order valence-corrected chi connectivity index (χ4v) is 2.86. The van der Waals surface area contributed by atoms with Crippen LogP contribution in [0.25, 0.3) is 0 Å². The SMILES string of the molecule is Nc1cc(Cl)ccc1SCc1cccc(F)c1Cl. The minimum Gasteiger partial charge on any atom is -0.398 e. The highest BCUT2D eigenvalue weighted by Crippen LogP contribution is 2.32. The van der Waals surface area contributed by atoms with E-state index in [-0.39, 0.29) is 5.02 Å². The van der Waals surface area contributed by atoms with Crippen molar-refractivity contribution in [3.63, 3.8) is 0 Å². The summed E-state index contributed by atoms with van der Waals surface area (Å²) in [4.78, 5) is 0.903. The molecule has 1 nitrogen and oxygen atoms in total. The van der Waals surface area contributed by atoms with Gasteiger partial charge in [0.1, 0.15) is 5.82 Å². The molecule has 0 unspecified atom stereocenters. The summed E-state index contributed by atoms with van der Waals surface area (Å²) in [6.07, 6.45) is 0. The lowest BCUT2D eigenvalue weighted by molar-refractivity contribution is 0.627. The van der Waals surface area contributed by atoms with Gasteiger partial charge in [-0.3, -0.25) is 0 Å². The first-order valence-electron chi connectivity index (χ1n) is 5.18. The number of anilines is 1. The third-order valence-electron chi connectivity index (χ3n) is 2.39. The van der Waals surface area contributed by atoms with Gasteiger partial charge in [-0.2, -0.15) is 0 Å². The maximum atomic E-state index is 13.3. The molecule has 0 amide bonds. The van der Waals surface area contributed by atoms with Gasteiger partial charge in [0.25, 0.3) is 0 Å². The van der Waals surface area contributed by atoms with E-state index in [9.17, 15) is 4.39 Å². The maximum Gasteiger partial charge on any atom is 0.142 e. The van der Waals surface area contributed by atoms with Gasteiger partial charge in [-0.15, -0.1) is 11.8 Å². The zero-order chi connectivity index (χ0) is 13.1. The summed E-state index contributed by atoms with van der Waals surface area (Å²) in [7, 11) is 0. The molecule has 0 radical (unpaired) electrons. The summed E-state index contributed by atoms with van der Waals surface area (Å²) in [5.41, 5.74) is 7.20. The lowest BCUT2D eigenvalue weighted by Crippen LogP contribution is -1.90. The molecule has 2 aromatic carbocycles. The van der Waals surface area contributed by atoms with Crippen LogP contribution in [-0.2, 0) is 5.75 Å². The Labute approximate surface area is 119 Å². The van der Waals surface area contributed by atoms with Crippen LogP contribution in [0.15, 0.2) is 41.3 Å². The maximum absolute atomic E-state index is 13.3. The largest absolute Gasteiger partial charge is 0.398 e. The summed E-state index contributed by atoms with van der Waals surface area (Å²) >= 11 is 13.2. The Hall–Kier alpha value is -0.900. The Kier molecular flexibility index (Phi) is 4.38. The van der Waals surface area contributed by atoms with Crippen molar-refractivity contribution in [1.82, 2.24) is 0 Å². The second-order valence-corrected chi connectivity index (χ2v) is 5.52. The zero-order valence-corrected chi connectivity index (χ0v) is 11.6. The third-order valence-corrected chi connectivity index (χ3v) is 4.18. The number of rotatable bonds is 3. The molecule has 94 valence electrons. The molecular weight excluding hydrogens is 292 g/mol. The zero-order valence-electron chi connectivity index (χ0n) is 9.29. The van der Waals surface area contributed by atoms with Crippen molar-refractivity contribution in [3.8, 4) is 0 Å². The van der Waals surface area contributed by atoms with Crippen LogP contribution in [0.2, 0.25) is 10.0 Å². The van der Waals surface area contributed by atoms with Crippen LogP contribution in [0.5, 0.6) is 0 Å². The molecule has 0 aliphatic carbocycles. The Bertz CT molecular complexity index is 575. The quantitative estimate of drug-likeness (QED) is 0.637. The Morgan fingerprint density at radius 1 is 1.17 bits per heavy atom. The third kappa shape index (κ3) is 3.10. The van der Waals surface area contributed by atoms with E-state index in [0.717, 1.165) is 10.5 Å². The first-order chi connectivity index (χ1) is 8.58. The minimum atomic E-state index is -0.404. The van der Waals surface area contributed by atoms with Crippen molar-refractivity contribution in [2.45, 2.75) is 10.6 Å². The first kappa shape index (κ1) is 13.5. The normalized spacial score (nSPS) is 10.6. The number of halogens is 3. The van der Waals surface area contributed by atoms with Crippen molar-refractivity contribution in [1.29, 1.82) is 0 Å². The molecule has 2 aromatic rings. The van der Waals surface area contributed by atoms with Crippen LogP contribution < -0.4 is 5.73 Å². The van der Waals surface area contributed by atoms with E-state index in [4.69, 9.17) is 28.9 Å². The Morgan fingerprint density at radius 2 is 1.94 bits per heavy atom. The topological polar surface area (TPSA) is 26.0 Å². The Balaban J connectivity index is 2.14. The highest BCUT2D eigenvalue weighted by Gasteiger charge is 2.07. The molecule has 2 N–H and O–H groups in total. The molecule has 0 bridgehead atoms. The summed E-state index contributed by atoms with van der Waals surface area (Å²) in [6, 6.07) is 10.1. The van der Waals surface area contributed by atoms with E-state index in [1.165, 1.54) is 17.8 Å². The van der Waals surface area contributed by atoms with E-state index in [1.807, 2.05) is 6.07 Å². The van der Waals surface area contributed by atoms with E-state index in [2.05, 4.69) is 0 Å². The van der Waals surface area contributed by atoms with Crippen molar-refractivity contribution in [2.75, 3.05) is 5.73 Å². The molecule has 18 heavy (non-hydrogen) atoms. The second kappa shape index (κ2) is 5.83. The molecule has 0 spiro atoms. The molecular formula is C13H10Cl2FNS. The van der Waals surface area contributed by atoms with E-state index in [1.54, 1.807) is 24.3 Å². The first-order valence-corrected chi connectivity index (χ1v) is 6.93. The predicted octanol–water partition coefficient (Wildman–Crippen LogP) is 5.01. The molecule has 0 atom stereocenters. The molecule has 0 aromatic heterocycles. The van der Waals surface area contributed by atoms with Gasteiger partial charge >= 0.3 is 0 Å². The van der Waals surface area contributed by atoms with Crippen LogP contribution in [-0.4, -0.2) is 0 Å². The predicted molar refractivity (Wildman–Crippen MR) is 76.8 cm³/mol. The summed E-state index contributed by atoms with van der Waals surface area (Å²) in [5.74, 6) is 0.154. The highest BCUT2D eigenvalue weighted by atomic mass is 35.5. The second-order valence-electron chi connectivity index (χ2n) is 3.68. The molecule has 2 rings (SSSR count). The Morgan fingerprint density at radius 3 is 2.67 bits per heavy atom. The average molecular weight is 302 g/mol. The highest BCUT2D eigenvalue weighted by molar-refractivity contribution is 7.98. The van der Waals surface area contributed by atoms with E-state index >= 15 is 0 Å². The minimum absolute atomic E-state index is 0.164. The van der Waals surface area contributed by atoms with Gasteiger partial charge in [0, 0.05) is 21.4 Å². The fraction of sp³-hybridized carbons (Fsp3) is 0.0769. The molecule has 5 heteroatoms.